The number of rotatable bonds is 6. The zero-order valence-electron chi connectivity index (χ0n) is 9.24. The van der Waals surface area contributed by atoms with Gasteiger partial charge in [-0.25, -0.2) is 0 Å². The molecule has 84 valence electrons. The highest BCUT2D eigenvalue weighted by molar-refractivity contribution is 4.71. The molecule has 0 saturated carbocycles. The molecule has 1 aliphatic heterocycles. The monoisotopic (exact) mass is 201 g/mol. The highest BCUT2D eigenvalue weighted by Gasteiger charge is 2.18. The summed E-state index contributed by atoms with van der Waals surface area (Å²) in [5.74, 6) is 0.772. The van der Waals surface area contributed by atoms with E-state index in [2.05, 4.69) is 4.90 Å². The largest absolute Gasteiger partial charge is 0.396 e. The molecule has 0 aromatic heterocycles. The van der Waals surface area contributed by atoms with Crippen molar-refractivity contribution in [3.8, 4) is 0 Å². The predicted molar refractivity (Wildman–Crippen MR) is 57.4 cm³/mol. The average Bonchev–Trinajstić information content (AvgIpc) is 2.21. The van der Waals surface area contributed by atoms with Gasteiger partial charge in [-0.2, -0.15) is 0 Å². The van der Waals surface area contributed by atoms with E-state index in [9.17, 15) is 0 Å². The molecule has 0 aliphatic carbocycles. The molecule has 0 bridgehead atoms. The molecular formula is C11H23NO2. The molecule has 0 amide bonds. The fourth-order valence-electron chi connectivity index (χ4n) is 2.06. The lowest BCUT2D eigenvalue weighted by atomic mass is 9.98. The summed E-state index contributed by atoms with van der Waals surface area (Å²) >= 11 is 0. The Morgan fingerprint density at radius 2 is 2.00 bits per heavy atom. The van der Waals surface area contributed by atoms with Crippen molar-refractivity contribution in [3.05, 3.63) is 0 Å². The molecule has 0 aromatic carbocycles. The lowest BCUT2D eigenvalue weighted by molar-refractivity contribution is 0.0981. The van der Waals surface area contributed by atoms with Crippen molar-refractivity contribution >= 4 is 0 Å². The van der Waals surface area contributed by atoms with Gasteiger partial charge in [0, 0.05) is 20.3 Å². The van der Waals surface area contributed by atoms with E-state index in [0.29, 0.717) is 6.61 Å². The molecule has 1 aliphatic rings. The van der Waals surface area contributed by atoms with Crippen LogP contribution < -0.4 is 0 Å². The third kappa shape index (κ3) is 4.40. The Hall–Kier alpha value is -0.120. The maximum Gasteiger partial charge on any atom is 0.0491 e. The van der Waals surface area contributed by atoms with E-state index in [1.54, 1.807) is 7.11 Å². The molecule has 0 atom stereocenters. The second kappa shape index (κ2) is 7.21. The molecule has 1 fully saturated rings. The number of unbranched alkanes of at least 4 members (excludes halogenated alkanes) is 1. The fourth-order valence-corrected chi connectivity index (χ4v) is 2.06. The molecule has 0 aromatic rings. The fraction of sp³-hybridized carbons (Fsp3) is 1.00. The summed E-state index contributed by atoms with van der Waals surface area (Å²) < 4.78 is 5.16. The van der Waals surface area contributed by atoms with E-state index < -0.39 is 0 Å². The number of piperidine rings is 1. The molecule has 14 heavy (non-hydrogen) atoms. The Labute approximate surface area is 87.1 Å². The van der Waals surface area contributed by atoms with Crippen LogP contribution >= 0.6 is 0 Å². The lowest BCUT2D eigenvalue weighted by Crippen LogP contribution is -2.35. The van der Waals surface area contributed by atoms with Gasteiger partial charge in [-0.3, -0.25) is 0 Å². The van der Waals surface area contributed by atoms with Crippen molar-refractivity contribution in [1.82, 2.24) is 4.90 Å². The van der Waals surface area contributed by atoms with Crippen LogP contribution in [0.2, 0.25) is 0 Å². The van der Waals surface area contributed by atoms with E-state index in [4.69, 9.17) is 9.84 Å². The maximum atomic E-state index is 8.67. The molecular weight excluding hydrogens is 178 g/mol. The van der Waals surface area contributed by atoms with Crippen LogP contribution in [0.5, 0.6) is 0 Å². The number of hydrogen-bond donors (Lipinski definition) is 1. The van der Waals surface area contributed by atoms with Gasteiger partial charge in [-0.15, -0.1) is 0 Å². The van der Waals surface area contributed by atoms with E-state index in [0.717, 1.165) is 31.9 Å². The van der Waals surface area contributed by atoms with Crippen LogP contribution in [0.3, 0.4) is 0 Å². The molecule has 0 spiro atoms. The first kappa shape index (κ1) is 12.0. The number of hydrogen-bond acceptors (Lipinski definition) is 3. The summed E-state index contributed by atoms with van der Waals surface area (Å²) in [5.41, 5.74) is 0. The first-order valence-corrected chi connectivity index (χ1v) is 5.69. The summed E-state index contributed by atoms with van der Waals surface area (Å²) in [5, 5.41) is 8.67. The minimum absolute atomic E-state index is 0.333. The van der Waals surface area contributed by atoms with Crippen molar-refractivity contribution in [2.24, 2.45) is 5.92 Å². The first-order valence-electron chi connectivity index (χ1n) is 5.69. The number of methoxy groups -OCH3 is 1. The van der Waals surface area contributed by atoms with Crippen LogP contribution in [-0.4, -0.2) is 50.0 Å². The highest BCUT2D eigenvalue weighted by Crippen LogP contribution is 2.17. The van der Waals surface area contributed by atoms with Gasteiger partial charge in [0.2, 0.25) is 0 Å². The van der Waals surface area contributed by atoms with Gasteiger partial charge in [0.25, 0.3) is 0 Å². The van der Waals surface area contributed by atoms with Gasteiger partial charge in [0.1, 0.15) is 0 Å². The van der Waals surface area contributed by atoms with Crippen molar-refractivity contribution in [2.45, 2.75) is 25.7 Å². The summed E-state index contributed by atoms with van der Waals surface area (Å²) in [6, 6.07) is 0. The van der Waals surface area contributed by atoms with Gasteiger partial charge < -0.3 is 14.7 Å². The van der Waals surface area contributed by atoms with Gasteiger partial charge in [0.15, 0.2) is 0 Å². The molecule has 3 heteroatoms. The highest BCUT2D eigenvalue weighted by atomic mass is 16.5. The van der Waals surface area contributed by atoms with E-state index in [1.165, 1.54) is 25.9 Å². The minimum Gasteiger partial charge on any atom is -0.396 e. The Bertz CT molecular complexity index is 133. The van der Waals surface area contributed by atoms with Crippen LogP contribution in [0.1, 0.15) is 25.7 Å². The number of likely N-dealkylation sites (tertiary alicyclic amines) is 1. The number of ether oxygens (including phenoxy) is 1. The Morgan fingerprint density at radius 3 is 2.57 bits per heavy atom. The smallest absolute Gasteiger partial charge is 0.0491 e. The van der Waals surface area contributed by atoms with Gasteiger partial charge >= 0.3 is 0 Å². The Morgan fingerprint density at radius 1 is 1.29 bits per heavy atom. The Balaban J connectivity index is 2.03. The molecule has 3 nitrogen and oxygen atoms in total. The zero-order valence-corrected chi connectivity index (χ0v) is 9.24. The zero-order chi connectivity index (χ0) is 10.2. The van der Waals surface area contributed by atoms with Crippen LogP contribution in [-0.2, 0) is 4.74 Å². The number of aliphatic hydroxyl groups is 1. The van der Waals surface area contributed by atoms with E-state index >= 15 is 0 Å². The van der Waals surface area contributed by atoms with Gasteiger partial charge in [0.05, 0.1) is 0 Å². The van der Waals surface area contributed by atoms with Crippen LogP contribution in [0, 0.1) is 5.92 Å². The number of aliphatic hydroxyl groups excluding tert-OH is 1. The summed E-state index contributed by atoms with van der Waals surface area (Å²) in [7, 11) is 1.79. The Kier molecular flexibility index (Phi) is 6.15. The molecule has 1 rings (SSSR count). The van der Waals surface area contributed by atoms with Crippen molar-refractivity contribution < 1.29 is 9.84 Å². The third-order valence-electron chi connectivity index (χ3n) is 2.99. The lowest BCUT2D eigenvalue weighted by Gasteiger charge is -2.31. The van der Waals surface area contributed by atoms with Gasteiger partial charge in [-0.05, 0) is 51.2 Å². The van der Waals surface area contributed by atoms with E-state index in [-0.39, 0.29) is 0 Å². The quantitative estimate of drug-likeness (QED) is 0.654. The number of nitrogens with zero attached hydrogens (tertiary/aromatic N) is 1. The molecule has 0 unspecified atom stereocenters. The van der Waals surface area contributed by atoms with Crippen molar-refractivity contribution in [3.63, 3.8) is 0 Å². The summed E-state index contributed by atoms with van der Waals surface area (Å²) in [6.07, 6.45) is 4.61. The summed E-state index contributed by atoms with van der Waals surface area (Å²) in [4.78, 5) is 2.50. The first-order chi connectivity index (χ1) is 6.86. The summed E-state index contributed by atoms with van der Waals surface area (Å²) in [6.45, 7) is 4.82. The molecule has 1 heterocycles. The van der Waals surface area contributed by atoms with Crippen molar-refractivity contribution in [2.75, 3.05) is 40.0 Å². The SMILES string of the molecule is COCC1CCN(CCCCO)CC1. The van der Waals surface area contributed by atoms with Crippen LogP contribution in [0.15, 0.2) is 0 Å². The predicted octanol–water partition coefficient (Wildman–Crippen LogP) is 1.12. The normalized spacial score (nSPS) is 20.1. The van der Waals surface area contributed by atoms with Crippen LogP contribution in [0.25, 0.3) is 0 Å². The third-order valence-corrected chi connectivity index (χ3v) is 2.99. The average molecular weight is 201 g/mol. The molecule has 1 saturated heterocycles. The molecule has 1 N–H and O–H groups in total. The minimum atomic E-state index is 0.333. The molecule has 0 radical (unpaired) electrons. The van der Waals surface area contributed by atoms with Crippen molar-refractivity contribution in [1.29, 1.82) is 0 Å². The second-order valence-corrected chi connectivity index (χ2v) is 4.17. The van der Waals surface area contributed by atoms with Crippen LogP contribution in [0.4, 0.5) is 0 Å². The van der Waals surface area contributed by atoms with E-state index in [1.807, 2.05) is 0 Å². The topological polar surface area (TPSA) is 32.7 Å². The maximum absolute atomic E-state index is 8.67. The second-order valence-electron chi connectivity index (χ2n) is 4.17. The standard InChI is InChI=1S/C11H23NO2/c1-14-10-11-4-7-12(8-5-11)6-2-3-9-13/h11,13H,2-10H2,1H3. The van der Waals surface area contributed by atoms with Gasteiger partial charge in [-0.1, -0.05) is 0 Å².